The predicted molar refractivity (Wildman–Crippen MR) is 81.0 cm³/mol. The smallest absolute Gasteiger partial charge is 0.225 e. The van der Waals surface area contributed by atoms with E-state index in [-0.39, 0.29) is 23.6 Å². The molecule has 1 amide bonds. The minimum absolute atomic E-state index is 0.0683. The molecule has 0 aromatic heterocycles. The summed E-state index contributed by atoms with van der Waals surface area (Å²) in [4.78, 5) is 12.2. The lowest BCUT2D eigenvalue weighted by molar-refractivity contribution is -0.122. The number of carbonyl (C=O) groups excluding carboxylic acids is 1. The molecule has 2 N–H and O–H groups in total. The zero-order valence-corrected chi connectivity index (χ0v) is 12.6. The Morgan fingerprint density at radius 2 is 2.25 bits per heavy atom. The Bertz CT molecular complexity index is 477. The lowest BCUT2D eigenvalue weighted by atomic mass is 9.77. The Labute approximate surface area is 125 Å². The van der Waals surface area contributed by atoms with Crippen LogP contribution in [-0.2, 0) is 11.2 Å². The first-order chi connectivity index (χ1) is 9.54. The van der Waals surface area contributed by atoms with Crippen LogP contribution in [0.15, 0.2) is 24.3 Å². The van der Waals surface area contributed by atoms with Gasteiger partial charge in [-0.15, -0.1) is 11.6 Å². The van der Waals surface area contributed by atoms with Crippen molar-refractivity contribution in [3.05, 3.63) is 29.8 Å². The first-order valence-electron chi connectivity index (χ1n) is 7.18. The summed E-state index contributed by atoms with van der Waals surface area (Å²) in [5.41, 5.74) is 0.374. The fraction of sp³-hybridized carbons (Fsp3) is 0.562. The van der Waals surface area contributed by atoms with Crippen LogP contribution in [0.1, 0.15) is 38.2 Å². The molecule has 0 saturated heterocycles. The van der Waals surface area contributed by atoms with Crippen molar-refractivity contribution in [3.63, 3.8) is 0 Å². The number of alkyl halides is 1. The third-order valence-electron chi connectivity index (χ3n) is 4.09. The quantitative estimate of drug-likeness (QED) is 0.838. The molecule has 1 aromatic carbocycles. The number of aromatic hydroxyl groups is 1. The first-order valence-corrected chi connectivity index (χ1v) is 7.72. The molecule has 2 atom stereocenters. The van der Waals surface area contributed by atoms with Gasteiger partial charge in [0.05, 0.1) is 12.0 Å². The zero-order chi connectivity index (χ0) is 14.6. The second-order valence-corrected chi connectivity index (χ2v) is 6.24. The Balaban J connectivity index is 2.01. The van der Waals surface area contributed by atoms with E-state index in [1.165, 1.54) is 6.42 Å². The van der Waals surface area contributed by atoms with Crippen LogP contribution in [0.2, 0.25) is 0 Å². The molecule has 1 aliphatic rings. The van der Waals surface area contributed by atoms with Crippen LogP contribution in [-0.4, -0.2) is 22.4 Å². The molecule has 1 saturated carbocycles. The van der Waals surface area contributed by atoms with Gasteiger partial charge in [0, 0.05) is 11.4 Å². The molecule has 3 nitrogen and oxygen atoms in total. The number of amides is 1. The minimum atomic E-state index is -0.277. The maximum atomic E-state index is 12.2. The summed E-state index contributed by atoms with van der Waals surface area (Å²) >= 11 is 6.12. The van der Waals surface area contributed by atoms with Crippen molar-refractivity contribution in [1.82, 2.24) is 5.32 Å². The molecule has 2 rings (SSSR count). The Morgan fingerprint density at radius 3 is 2.90 bits per heavy atom. The average molecular weight is 296 g/mol. The van der Waals surface area contributed by atoms with Gasteiger partial charge in [0.25, 0.3) is 0 Å². The van der Waals surface area contributed by atoms with Gasteiger partial charge in [0.1, 0.15) is 5.75 Å². The van der Waals surface area contributed by atoms with Gasteiger partial charge >= 0.3 is 0 Å². The van der Waals surface area contributed by atoms with Crippen LogP contribution in [0.3, 0.4) is 0 Å². The van der Waals surface area contributed by atoms with Crippen LogP contribution in [0.25, 0.3) is 0 Å². The molecular formula is C16H22ClNO2. The second-order valence-electron chi connectivity index (χ2n) is 5.97. The molecule has 1 fully saturated rings. The fourth-order valence-electron chi connectivity index (χ4n) is 3.10. The molecule has 1 aromatic rings. The Morgan fingerprint density at radius 1 is 1.50 bits per heavy atom. The van der Waals surface area contributed by atoms with Gasteiger partial charge in [0.15, 0.2) is 0 Å². The highest BCUT2D eigenvalue weighted by Gasteiger charge is 2.35. The highest BCUT2D eigenvalue weighted by atomic mass is 35.5. The highest BCUT2D eigenvalue weighted by Crippen LogP contribution is 2.33. The van der Waals surface area contributed by atoms with Gasteiger partial charge in [-0.3, -0.25) is 4.79 Å². The molecule has 0 radical (unpaired) electrons. The number of rotatable bonds is 4. The molecular weight excluding hydrogens is 274 g/mol. The van der Waals surface area contributed by atoms with Crippen LogP contribution >= 0.6 is 11.6 Å². The number of benzene rings is 1. The van der Waals surface area contributed by atoms with Crippen LogP contribution in [0.4, 0.5) is 0 Å². The number of para-hydroxylation sites is 1. The first kappa shape index (κ1) is 15.2. The Hall–Kier alpha value is -1.22. The summed E-state index contributed by atoms with van der Waals surface area (Å²) < 4.78 is 0. The van der Waals surface area contributed by atoms with E-state index in [0.29, 0.717) is 17.4 Å². The largest absolute Gasteiger partial charge is 0.508 e. The summed E-state index contributed by atoms with van der Waals surface area (Å²) in [5.74, 6) is 1.14. The van der Waals surface area contributed by atoms with E-state index in [2.05, 4.69) is 12.2 Å². The van der Waals surface area contributed by atoms with Crippen LogP contribution in [0.5, 0.6) is 5.75 Å². The predicted octanol–water partition coefficient (Wildman–Crippen LogP) is 3.24. The summed E-state index contributed by atoms with van der Waals surface area (Å²) in [7, 11) is 0. The zero-order valence-electron chi connectivity index (χ0n) is 11.9. The summed E-state index contributed by atoms with van der Waals surface area (Å²) in [5, 5.41) is 12.8. The lowest BCUT2D eigenvalue weighted by Crippen LogP contribution is -2.53. The second kappa shape index (κ2) is 6.49. The van der Waals surface area contributed by atoms with Gasteiger partial charge in [-0.2, -0.15) is 0 Å². The highest BCUT2D eigenvalue weighted by molar-refractivity contribution is 6.18. The molecule has 1 aliphatic carbocycles. The molecule has 4 heteroatoms. The number of phenols is 1. The molecule has 20 heavy (non-hydrogen) atoms. The number of hydrogen-bond donors (Lipinski definition) is 2. The maximum Gasteiger partial charge on any atom is 0.225 e. The number of carbonyl (C=O) groups is 1. The van der Waals surface area contributed by atoms with E-state index in [4.69, 9.17) is 11.6 Å². The van der Waals surface area contributed by atoms with Crippen LogP contribution in [0, 0.1) is 5.92 Å². The fourth-order valence-corrected chi connectivity index (χ4v) is 3.41. The number of phenolic OH excluding ortho intramolecular Hbond substituents is 1. The molecule has 0 heterocycles. The molecule has 0 aliphatic heterocycles. The third kappa shape index (κ3) is 3.66. The Kier molecular flexibility index (Phi) is 4.92. The third-order valence-corrected chi connectivity index (χ3v) is 4.61. The van der Waals surface area contributed by atoms with Gasteiger partial charge in [0.2, 0.25) is 5.91 Å². The van der Waals surface area contributed by atoms with E-state index in [0.717, 1.165) is 19.3 Å². The van der Waals surface area contributed by atoms with Crippen molar-refractivity contribution in [2.24, 2.45) is 5.92 Å². The molecule has 0 bridgehead atoms. The molecule has 2 unspecified atom stereocenters. The maximum absolute atomic E-state index is 12.2. The topological polar surface area (TPSA) is 49.3 Å². The minimum Gasteiger partial charge on any atom is -0.508 e. The van der Waals surface area contributed by atoms with E-state index < -0.39 is 0 Å². The SMILES string of the molecule is CC1CCCC(CCl)(NC(=O)Cc2ccccc2O)C1. The van der Waals surface area contributed by atoms with Crippen molar-refractivity contribution in [2.45, 2.75) is 44.6 Å². The van der Waals surface area contributed by atoms with Crippen molar-refractivity contribution >= 4 is 17.5 Å². The standard InChI is InChI=1S/C16H22ClNO2/c1-12-5-4-8-16(10-12,11-17)18-15(20)9-13-6-2-3-7-14(13)19/h2-3,6-7,12,19H,4-5,8-11H2,1H3,(H,18,20). The van der Waals surface area contributed by atoms with Crippen LogP contribution < -0.4 is 5.32 Å². The molecule has 0 spiro atoms. The van der Waals surface area contributed by atoms with Crippen molar-refractivity contribution in [2.75, 3.05) is 5.88 Å². The van der Waals surface area contributed by atoms with Gasteiger partial charge in [-0.05, 0) is 24.8 Å². The number of hydrogen-bond acceptors (Lipinski definition) is 2. The van der Waals surface area contributed by atoms with Crippen molar-refractivity contribution in [1.29, 1.82) is 0 Å². The monoisotopic (exact) mass is 295 g/mol. The van der Waals surface area contributed by atoms with E-state index in [9.17, 15) is 9.90 Å². The van der Waals surface area contributed by atoms with E-state index >= 15 is 0 Å². The average Bonchev–Trinajstić information content (AvgIpc) is 2.41. The summed E-state index contributed by atoms with van der Waals surface area (Å²) in [6, 6.07) is 6.94. The lowest BCUT2D eigenvalue weighted by Gasteiger charge is -2.39. The van der Waals surface area contributed by atoms with Gasteiger partial charge in [-0.25, -0.2) is 0 Å². The van der Waals surface area contributed by atoms with Gasteiger partial charge < -0.3 is 10.4 Å². The van der Waals surface area contributed by atoms with E-state index in [1.54, 1.807) is 18.2 Å². The van der Waals surface area contributed by atoms with E-state index in [1.807, 2.05) is 6.07 Å². The number of nitrogens with one attached hydrogen (secondary N) is 1. The summed E-state index contributed by atoms with van der Waals surface area (Å²) in [6.07, 6.45) is 4.37. The van der Waals surface area contributed by atoms with Crippen molar-refractivity contribution < 1.29 is 9.90 Å². The van der Waals surface area contributed by atoms with Gasteiger partial charge in [-0.1, -0.05) is 38.0 Å². The van der Waals surface area contributed by atoms with Crippen molar-refractivity contribution in [3.8, 4) is 5.75 Å². The summed E-state index contributed by atoms with van der Waals surface area (Å²) in [6.45, 7) is 2.20. The number of halogens is 1. The normalized spacial score (nSPS) is 26.2. The molecule has 110 valence electrons.